The molecule has 0 amide bonds. The van der Waals surface area contributed by atoms with Crippen LogP contribution in [0.4, 0.5) is 0 Å². The quantitative estimate of drug-likeness (QED) is 0.680. The number of benzene rings is 1. The number of thioether (sulfide) groups is 1. The van der Waals surface area contributed by atoms with Crippen molar-refractivity contribution in [2.75, 3.05) is 5.75 Å². The van der Waals surface area contributed by atoms with Crippen molar-refractivity contribution in [2.24, 2.45) is 0 Å². The van der Waals surface area contributed by atoms with Gasteiger partial charge in [0.2, 0.25) is 0 Å². The van der Waals surface area contributed by atoms with Gasteiger partial charge in [-0.3, -0.25) is 0 Å². The summed E-state index contributed by atoms with van der Waals surface area (Å²) in [6.07, 6.45) is 0. The van der Waals surface area contributed by atoms with Gasteiger partial charge in [0.25, 0.3) is 0 Å². The van der Waals surface area contributed by atoms with Crippen LogP contribution >= 0.6 is 23.4 Å². The number of rotatable bonds is 2. The van der Waals surface area contributed by atoms with E-state index in [0.717, 1.165) is 10.6 Å². The molecule has 0 aromatic heterocycles. The van der Waals surface area contributed by atoms with Gasteiger partial charge in [0, 0.05) is 9.92 Å². The number of hydrogen-bond donors (Lipinski definition) is 0. The van der Waals surface area contributed by atoms with E-state index in [0.29, 0.717) is 10.6 Å². The zero-order chi connectivity index (χ0) is 8.97. The first-order chi connectivity index (χ1) is 5.77. The number of halogens is 1. The van der Waals surface area contributed by atoms with Crippen LogP contribution in [0.3, 0.4) is 0 Å². The van der Waals surface area contributed by atoms with Crippen molar-refractivity contribution in [1.29, 1.82) is 5.26 Å². The third-order valence-corrected chi connectivity index (χ3v) is 2.54. The van der Waals surface area contributed by atoms with Gasteiger partial charge in [-0.1, -0.05) is 18.5 Å². The maximum Gasteiger partial charge on any atom is 0.100 e. The predicted octanol–water partition coefficient (Wildman–Crippen LogP) is 3.32. The van der Waals surface area contributed by atoms with E-state index in [1.165, 1.54) is 0 Å². The molecule has 0 heterocycles. The Morgan fingerprint density at radius 1 is 1.58 bits per heavy atom. The minimum absolute atomic E-state index is 0.685. The highest BCUT2D eigenvalue weighted by Gasteiger charge is 2.01. The second-order valence-electron chi connectivity index (χ2n) is 2.19. The van der Waals surface area contributed by atoms with Gasteiger partial charge in [-0.05, 0) is 24.0 Å². The lowest BCUT2D eigenvalue weighted by Gasteiger charge is -2.00. The van der Waals surface area contributed by atoms with Crippen molar-refractivity contribution in [1.82, 2.24) is 0 Å². The van der Waals surface area contributed by atoms with E-state index in [-0.39, 0.29) is 0 Å². The monoisotopic (exact) mass is 197 g/mol. The van der Waals surface area contributed by atoms with Crippen molar-refractivity contribution >= 4 is 23.4 Å². The highest BCUT2D eigenvalue weighted by Crippen LogP contribution is 2.25. The molecule has 3 heteroatoms. The first-order valence-corrected chi connectivity index (χ1v) is 4.96. The van der Waals surface area contributed by atoms with Crippen LogP contribution in [0.25, 0.3) is 0 Å². The Bertz CT molecular complexity index is 317. The third kappa shape index (κ3) is 2.17. The molecule has 0 radical (unpaired) electrons. The van der Waals surface area contributed by atoms with Gasteiger partial charge in [-0.25, -0.2) is 0 Å². The van der Waals surface area contributed by atoms with Gasteiger partial charge >= 0.3 is 0 Å². The van der Waals surface area contributed by atoms with E-state index in [2.05, 4.69) is 6.07 Å². The van der Waals surface area contributed by atoms with E-state index in [1.54, 1.807) is 23.9 Å². The summed E-state index contributed by atoms with van der Waals surface area (Å²) in [6.45, 7) is 2.05. The minimum Gasteiger partial charge on any atom is -0.192 e. The maximum absolute atomic E-state index is 8.73. The van der Waals surface area contributed by atoms with Crippen molar-refractivity contribution in [2.45, 2.75) is 11.8 Å². The Hall–Kier alpha value is -0.650. The highest BCUT2D eigenvalue weighted by molar-refractivity contribution is 7.99. The van der Waals surface area contributed by atoms with Crippen molar-refractivity contribution < 1.29 is 0 Å². The summed E-state index contributed by atoms with van der Waals surface area (Å²) in [5.74, 6) is 0.953. The van der Waals surface area contributed by atoms with E-state index in [1.807, 2.05) is 13.0 Å². The van der Waals surface area contributed by atoms with Crippen LogP contribution in [0.5, 0.6) is 0 Å². The molecule has 0 N–H and O–H groups in total. The molecule has 1 aromatic carbocycles. The van der Waals surface area contributed by atoms with E-state index < -0.39 is 0 Å². The van der Waals surface area contributed by atoms with Crippen LogP contribution in [0.15, 0.2) is 23.1 Å². The van der Waals surface area contributed by atoms with E-state index >= 15 is 0 Å². The summed E-state index contributed by atoms with van der Waals surface area (Å²) in [5, 5.41) is 9.41. The molecule has 0 aliphatic rings. The Morgan fingerprint density at radius 3 is 2.92 bits per heavy atom. The van der Waals surface area contributed by atoms with Crippen LogP contribution in [-0.2, 0) is 0 Å². The molecule has 1 aromatic rings. The molecule has 0 bridgehead atoms. The van der Waals surface area contributed by atoms with Gasteiger partial charge in [-0.2, -0.15) is 5.26 Å². The summed E-state index contributed by atoms with van der Waals surface area (Å²) >= 11 is 7.42. The first-order valence-electron chi connectivity index (χ1n) is 3.60. The summed E-state index contributed by atoms with van der Waals surface area (Å²) < 4.78 is 0. The molecule has 0 spiro atoms. The second kappa shape index (κ2) is 4.39. The van der Waals surface area contributed by atoms with Gasteiger partial charge in [0.15, 0.2) is 0 Å². The summed E-state index contributed by atoms with van der Waals surface area (Å²) in [4.78, 5) is 0.965. The molecule has 1 nitrogen and oxygen atoms in total. The molecule has 1 rings (SSSR count). The lowest BCUT2D eigenvalue weighted by atomic mass is 10.2. The molecule has 0 fully saturated rings. The molecule has 0 aliphatic carbocycles. The third-order valence-electron chi connectivity index (χ3n) is 1.36. The molecule has 0 atom stereocenters. The second-order valence-corrected chi connectivity index (χ2v) is 3.93. The van der Waals surface area contributed by atoms with Gasteiger partial charge in [0.1, 0.15) is 6.07 Å². The highest BCUT2D eigenvalue weighted by atomic mass is 35.5. The van der Waals surface area contributed by atoms with Gasteiger partial charge in [0.05, 0.1) is 5.56 Å². The molecule has 0 unspecified atom stereocenters. The lowest BCUT2D eigenvalue weighted by Crippen LogP contribution is -1.80. The largest absolute Gasteiger partial charge is 0.192 e. The van der Waals surface area contributed by atoms with Crippen molar-refractivity contribution in [3.63, 3.8) is 0 Å². The fourth-order valence-electron chi connectivity index (χ4n) is 0.863. The van der Waals surface area contributed by atoms with Gasteiger partial charge in [-0.15, -0.1) is 11.8 Å². The molecule has 0 saturated carbocycles. The van der Waals surface area contributed by atoms with Crippen LogP contribution in [-0.4, -0.2) is 5.75 Å². The SMILES string of the molecule is CCSc1cc(Cl)ccc1C#N. The smallest absolute Gasteiger partial charge is 0.100 e. The molecule has 0 aliphatic heterocycles. The molecule has 12 heavy (non-hydrogen) atoms. The summed E-state index contributed by atoms with van der Waals surface area (Å²) in [6, 6.07) is 7.44. The standard InChI is InChI=1S/C9H8ClNS/c1-2-12-9-5-8(10)4-3-7(9)6-11/h3-5H,2H2,1H3. The Balaban J connectivity index is 3.06. The average molecular weight is 198 g/mol. The van der Waals surface area contributed by atoms with Crippen LogP contribution in [0.1, 0.15) is 12.5 Å². The zero-order valence-electron chi connectivity index (χ0n) is 6.67. The number of hydrogen-bond acceptors (Lipinski definition) is 2. The molecule has 0 saturated heterocycles. The van der Waals surface area contributed by atoms with Crippen molar-refractivity contribution in [3.8, 4) is 6.07 Å². The fourth-order valence-corrected chi connectivity index (χ4v) is 1.89. The van der Waals surface area contributed by atoms with E-state index in [4.69, 9.17) is 16.9 Å². The van der Waals surface area contributed by atoms with Crippen LogP contribution in [0.2, 0.25) is 5.02 Å². The molecule has 62 valence electrons. The number of nitrogens with zero attached hydrogens (tertiary/aromatic N) is 1. The van der Waals surface area contributed by atoms with Gasteiger partial charge < -0.3 is 0 Å². The van der Waals surface area contributed by atoms with Crippen molar-refractivity contribution in [3.05, 3.63) is 28.8 Å². The molecular weight excluding hydrogens is 190 g/mol. The van der Waals surface area contributed by atoms with E-state index in [9.17, 15) is 0 Å². The Kier molecular flexibility index (Phi) is 3.46. The zero-order valence-corrected chi connectivity index (χ0v) is 8.25. The first kappa shape index (κ1) is 9.44. The average Bonchev–Trinajstić information content (AvgIpc) is 2.05. The van der Waals surface area contributed by atoms with Crippen LogP contribution in [0, 0.1) is 11.3 Å². The fraction of sp³-hybridized carbons (Fsp3) is 0.222. The lowest BCUT2D eigenvalue weighted by molar-refractivity contribution is 1.36. The number of nitriles is 1. The molecular formula is C9H8ClNS. The van der Waals surface area contributed by atoms with Crippen LogP contribution < -0.4 is 0 Å². The maximum atomic E-state index is 8.73. The minimum atomic E-state index is 0.685. The topological polar surface area (TPSA) is 23.8 Å². The predicted molar refractivity (Wildman–Crippen MR) is 52.6 cm³/mol. The Labute approximate surface area is 81.3 Å². The Morgan fingerprint density at radius 2 is 2.33 bits per heavy atom. The summed E-state index contributed by atoms with van der Waals surface area (Å²) in [7, 11) is 0. The summed E-state index contributed by atoms with van der Waals surface area (Å²) in [5.41, 5.74) is 0.700. The normalized spacial score (nSPS) is 9.42.